The third-order valence-electron chi connectivity index (χ3n) is 2.91. The van der Waals surface area contributed by atoms with E-state index in [0.29, 0.717) is 4.47 Å². The third-order valence-corrected chi connectivity index (χ3v) is 3.61. The Bertz CT molecular complexity index is 482. The number of phenols is 1. The highest BCUT2D eigenvalue weighted by atomic mass is 79.9. The maximum Gasteiger partial charge on any atom is 0.313 e. The van der Waals surface area contributed by atoms with Crippen LogP contribution < -0.4 is 5.73 Å². The fourth-order valence-electron chi connectivity index (χ4n) is 1.60. The minimum absolute atomic E-state index is 0. The van der Waals surface area contributed by atoms with Crippen LogP contribution in [0.15, 0.2) is 16.6 Å². The van der Waals surface area contributed by atoms with E-state index in [4.69, 9.17) is 5.73 Å². The van der Waals surface area contributed by atoms with Gasteiger partial charge in [-0.3, -0.25) is 4.79 Å². The molecule has 0 aromatic heterocycles. The maximum atomic E-state index is 13.3. The SMILES string of the molecule is COC(=O)C(C)(C)[C@@H](N)c1c(Br)ccc(F)c1O.Cl. The van der Waals surface area contributed by atoms with Crippen LogP contribution in [-0.2, 0) is 9.53 Å². The van der Waals surface area contributed by atoms with Gasteiger partial charge in [-0.15, -0.1) is 12.4 Å². The summed E-state index contributed by atoms with van der Waals surface area (Å²) < 4.78 is 18.4. The minimum Gasteiger partial charge on any atom is -0.505 e. The Hall–Kier alpha value is -0.850. The van der Waals surface area contributed by atoms with Crippen LogP contribution in [0.1, 0.15) is 25.5 Å². The van der Waals surface area contributed by atoms with E-state index in [1.54, 1.807) is 13.8 Å². The standard InChI is InChI=1S/C12H15BrFNO3.ClH/c1-12(2,11(17)18-3)10(15)8-6(13)4-5-7(14)9(8)16;/h4-5,10,16H,15H2,1-3H3;1H/t10-;/m0./s1. The summed E-state index contributed by atoms with van der Waals surface area (Å²) in [5.74, 6) is -1.89. The summed E-state index contributed by atoms with van der Waals surface area (Å²) in [7, 11) is 1.25. The number of phenolic OH excluding ortho intramolecular Hbond substituents is 1. The van der Waals surface area contributed by atoms with E-state index >= 15 is 0 Å². The van der Waals surface area contributed by atoms with Crippen molar-refractivity contribution < 1.29 is 19.0 Å². The number of carbonyl (C=O) groups is 1. The van der Waals surface area contributed by atoms with E-state index in [1.165, 1.54) is 13.2 Å². The number of methoxy groups -OCH3 is 1. The largest absolute Gasteiger partial charge is 0.505 e. The van der Waals surface area contributed by atoms with E-state index in [1.807, 2.05) is 0 Å². The molecule has 1 atom stereocenters. The van der Waals surface area contributed by atoms with E-state index in [9.17, 15) is 14.3 Å². The first kappa shape index (κ1) is 18.1. The van der Waals surface area contributed by atoms with Crippen molar-refractivity contribution in [2.75, 3.05) is 7.11 Å². The van der Waals surface area contributed by atoms with Crippen LogP contribution in [0.2, 0.25) is 0 Å². The zero-order chi connectivity index (χ0) is 14.1. The lowest BCUT2D eigenvalue weighted by molar-refractivity contribution is -0.152. The van der Waals surface area contributed by atoms with Crippen molar-refractivity contribution >= 4 is 34.3 Å². The maximum absolute atomic E-state index is 13.3. The molecule has 0 aliphatic rings. The van der Waals surface area contributed by atoms with Gasteiger partial charge in [0.05, 0.1) is 18.6 Å². The van der Waals surface area contributed by atoms with Gasteiger partial charge in [0.1, 0.15) is 0 Å². The summed E-state index contributed by atoms with van der Waals surface area (Å²) >= 11 is 3.19. The molecule has 1 rings (SSSR count). The highest BCUT2D eigenvalue weighted by Crippen LogP contribution is 2.41. The fourth-order valence-corrected chi connectivity index (χ4v) is 2.17. The molecular formula is C12H16BrClFNO3. The summed E-state index contributed by atoms with van der Waals surface area (Å²) in [6.45, 7) is 3.14. The molecule has 108 valence electrons. The predicted molar refractivity (Wildman–Crippen MR) is 75.7 cm³/mol. The van der Waals surface area contributed by atoms with Crippen molar-refractivity contribution in [1.82, 2.24) is 0 Å². The van der Waals surface area contributed by atoms with Crippen LogP contribution in [0.25, 0.3) is 0 Å². The smallest absolute Gasteiger partial charge is 0.313 e. The van der Waals surface area contributed by atoms with Crippen LogP contribution in [-0.4, -0.2) is 18.2 Å². The van der Waals surface area contributed by atoms with Gasteiger partial charge in [-0.05, 0) is 26.0 Å². The second kappa shape index (κ2) is 6.54. The Morgan fingerprint density at radius 2 is 2.05 bits per heavy atom. The summed E-state index contributed by atoms with van der Waals surface area (Å²) in [6, 6.07) is 1.63. The Kier molecular flexibility index (Phi) is 6.25. The lowest BCUT2D eigenvalue weighted by atomic mass is 9.80. The van der Waals surface area contributed by atoms with Gasteiger partial charge in [-0.25, -0.2) is 4.39 Å². The molecule has 4 nitrogen and oxygen atoms in total. The Morgan fingerprint density at radius 3 is 2.53 bits per heavy atom. The van der Waals surface area contributed by atoms with Gasteiger partial charge >= 0.3 is 5.97 Å². The van der Waals surface area contributed by atoms with Crippen LogP contribution in [0.3, 0.4) is 0 Å². The predicted octanol–water partition coefficient (Wildman–Crippen LogP) is 2.91. The van der Waals surface area contributed by atoms with Crippen LogP contribution in [0.5, 0.6) is 5.75 Å². The average Bonchev–Trinajstić information content (AvgIpc) is 2.33. The molecule has 0 bridgehead atoms. The molecule has 0 unspecified atom stereocenters. The zero-order valence-corrected chi connectivity index (χ0v) is 13.1. The fraction of sp³-hybridized carbons (Fsp3) is 0.417. The van der Waals surface area contributed by atoms with Gasteiger partial charge in [-0.2, -0.15) is 0 Å². The zero-order valence-electron chi connectivity index (χ0n) is 10.7. The Labute approximate surface area is 125 Å². The van der Waals surface area contributed by atoms with Crippen molar-refractivity contribution in [2.24, 2.45) is 11.1 Å². The van der Waals surface area contributed by atoms with Crippen molar-refractivity contribution in [3.05, 3.63) is 28.0 Å². The lowest BCUT2D eigenvalue weighted by Gasteiger charge is -2.30. The number of rotatable bonds is 3. The quantitative estimate of drug-likeness (QED) is 0.817. The van der Waals surface area contributed by atoms with Crippen LogP contribution in [0, 0.1) is 11.2 Å². The number of aromatic hydroxyl groups is 1. The Morgan fingerprint density at radius 1 is 1.53 bits per heavy atom. The number of hydrogen-bond acceptors (Lipinski definition) is 4. The minimum atomic E-state index is -1.09. The van der Waals surface area contributed by atoms with Gasteiger partial charge in [0.2, 0.25) is 0 Å². The highest BCUT2D eigenvalue weighted by Gasteiger charge is 2.39. The first-order chi connectivity index (χ1) is 8.23. The number of benzene rings is 1. The summed E-state index contributed by atoms with van der Waals surface area (Å²) in [5.41, 5.74) is 5.01. The summed E-state index contributed by atoms with van der Waals surface area (Å²) in [6.07, 6.45) is 0. The molecule has 0 saturated heterocycles. The van der Waals surface area contributed by atoms with Gasteiger partial charge in [0.25, 0.3) is 0 Å². The van der Waals surface area contributed by atoms with Gasteiger partial charge in [-0.1, -0.05) is 15.9 Å². The van der Waals surface area contributed by atoms with Crippen molar-refractivity contribution in [3.63, 3.8) is 0 Å². The first-order valence-corrected chi connectivity index (χ1v) is 6.03. The molecule has 0 aliphatic carbocycles. The normalized spacial score (nSPS) is 12.5. The molecule has 0 aliphatic heterocycles. The summed E-state index contributed by atoms with van der Waals surface area (Å²) in [4.78, 5) is 11.7. The molecule has 0 radical (unpaired) electrons. The molecule has 0 amide bonds. The number of carbonyl (C=O) groups excluding carboxylic acids is 1. The average molecular weight is 357 g/mol. The second-order valence-electron chi connectivity index (χ2n) is 4.48. The molecule has 7 heteroatoms. The number of halogens is 3. The van der Waals surface area contributed by atoms with Crippen molar-refractivity contribution in [2.45, 2.75) is 19.9 Å². The molecule has 0 fully saturated rings. The molecule has 0 saturated carbocycles. The van der Waals surface area contributed by atoms with Gasteiger partial charge < -0.3 is 15.6 Å². The van der Waals surface area contributed by atoms with E-state index in [0.717, 1.165) is 6.07 Å². The molecule has 0 spiro atoms. The topological polar surface area (TPSA) is 72.5 Å². The van der Waals surface area contributed by atoms with Gasteiger partial charge in [0, 0.05) is 10.0 Å². The lowest BCUT2D eigenvalue weighted by Crippen LogP contribution is -2.37. The number of hydrogen-bond donors (Lipinski definition) is 2. The van der Waals surface area contributed by atoms with E-state index in [2.05, 4.69) is 20.7 Å². The molecular weight excluding hydrogens is 340 g/mol. The van der Waals surface area contributed by atoms with Crippen molar-refractivity contribution in [3.8, 4) is 5.75 Å². The highest BCUT2D eigenvalue weighted by molar-refractivity contribution is 9.10. The molecule has 0 heterocycles. The van der Waals surface area contributed by atoms with E-state index < -0.39 is 29.0 Å². The van der Waals surface area contributed by atoms with E-state index in [-0.39, 0.29) is 18.0 Å². The number of nitrogens with two attached hydrogens (primary N) is 1. The number of ether oxygens (including phenoxy) is 1. The first-order valence-electron chi connectivity index (χ1n) is 5.24. The van der Waals surface area contributed by atoms with Gasteiger partial charge in [0.15, 0.2) is 11.6 Å². The summed E-state index contributed by atoms with van der Waals surface area (Å²) in [5, 5.41) is 9.73. The molecule has 1 aromatic carbocycles. The molecule has 19 heavy (non-hydrogen) atoms. The third kappa shape index (κ3) is 3.38. The number of esters is 1. The van der Waals surface area contributed by atoms with Crippen LogP contribution in [0.4, 0.5) is 4.39 Å². The molecule has 1 aromatic rings. The molecule has 3 N–H and O–H groups in total. The second-order valence-corrected chi connectivity index (χ2v) is 5.34. The van der Waals surface area contributed by atoms with Crippen molar-refractivity contribution in [1.29, 1.82) is 0 Å². The monoisotopic (exact) mass is 355 g/mol. The van der Waals surface area contributed by atoms with Crippen LogP contribution >= 0.6 is 28.3 Å². The Balaban J connectivity index is 0.00000324.